The molecule has 0 bridgehead atoms. The highest BCUT2D eigenvalue weighted by molar-refractivity contribution is 5.97. The molecule has 3 aromatic heterocycles. The van der Waals surface area contributed by atoms with Gasteiger partial charge in [-0.05, 0) is 54.5 Å². The molecule has 5 aromatic rings. The lowest BCUT2D eigenvalue weighted by Gasteiger charge is -2.23. The predicted molar refractivity (Wildman–Crippen MR) is 158 cm³/mol. The second kappa shape index (κ2) is 10.2. The van der Waals surface area contributed by atoms with Crippen molar-refractivity contribution in [3.8, 4) is 22.6 Å². The van der Waals surface area contributed by atoms with E-state index in [4.69, 9.17) is 4.98 Å². The van der Waals surface area contributed by atoms with Crippen LogP contribution < -0.4 is 5.32 Å². The van der Waals surface area contributed by atoms with Gasteiger partial charge in [-0.2, -0.15) is 5.10 Å². The maximum Gasteiger partial charge on any atom is 0.159 e. The lowest BCUT2D eigenvalue weighted by Crippen LogP contribution is -2.22. The molecule has 3 heterocycles. The molecule has 0 aliphatic rings. The van der Waals surface area contributed by atoms with Gasteiger partial charge in [-0.25, -0.2) is 9.37 Å². The molecule has 0 radical (unpaired) electrons. The van der Waals surface area contributed by atoms with Crippen molar-refractivity contribution < 1.29 is 4.39 Å². The second-order valence-corrected chi connectivity index (χ2v) is 10.4. The lowest BCUT2D eigenvalue weighted by atomic mass is 9.92. The Kier molecular flexibility index (Phi) is 6.74. The van der Waals surface area contributed by atoms with Crippen LogP contribution in [0.5, 0.6) is 0 Å². The Hall–Kier alpha value is -4.78. The van der Waals surface area contributed by atoms with E-state index in [1.54, 1.807) is 24.4 Å². The van der Waals surface area contributed by atoms with Crippen LogP contribution in [0.3, 0.4) is 0 Å². The predicted octanol–water partition coefficient (Wildman–Crippen LogP) is 7.93. The maximum atomic E-state index is 13.5. The number of nitrogens with zero attached hydrogens (tertiary/aromatic N) is 3. The summed E-state index contributed by atoms with van der Waals surface area (Å²) in [6.07, 6.45) is 7.57. The van der Waals surface area contributed by atoms with E-state index >= 15 is 0 Å². The average Bonchev–Trinajstić information content (AvgIpc) is 3.54. The van der Waals surface area contributed by atoms with Crippen LogP contribution in [0.25, 0.3) is 50.2 Å². The summed E-state index contributed by atoms with van der Waals surface area (Å²) >= 11 is 0. The van der Waals surface area contributed by atoms with E-state index < -0.39 is 0 Å². The molecule has 39 heavy (non-hydrogen) atoms. The molecular formula is C32H31FN6. The summed E-state index contributed by atoms with van der Waals surface area (Å²) in [4.78, 5) is 13.0. The van der Waals surface area contributed by atoms with Crippen molar-refractivity contribution in [2.45, 2.75) is 27.7 Å². The summed E-state index contributed by atoms with van der Waals surface area (Å²) in [6, 6.07) is 14.3. The fraction of sp³-hybridized carbons (Fsp3) is 0.156. The van der Waals surface area contributed by atoms with Crippen LogP contribution in [0, 0.1) is 11.2 Å². The summed E-state index contributed by atoms with van der Waals surface area (Å²) in [6.45, 7) is 16.4. The number of H-pyrrole nitrogens is 2. The van der Waals surface area contributed by atoms with Crippen molar-refractivity contribution in [1.82, 2.24) is 30.5 Å². The quantitative estimate of drug-likeness (QED) is 0.191. The van der Waals surface area contributed by atoms with E-state index in [2.05, 4.69) is 59.4 Å². The minimum Gasteiger partial charge on any atom is -0.359 e. The largest absolute Gasteiger partial charge is 0.359 e. The Balaban J connectivity index is 1.54. The molecule has 0 saturated heterocycles. The SMILES string of the molecule is C=C/C(=C\C(=C/C)c1cc2c(-c3nc4c(-c5ccc(F)cc5)cccc4[nH]3)n[nH]c2cn1)NC(=C)C(C)(C)C. The minimum absolute atomic E-state index is 0.0931. The normalized spacial score (nSPS) is 12.7. The standard InChI is InChI=1S/C32H31FN6/c1-7-20(16-23(8-2)35-19(3)32(4,5)6)27-17-25-28(18-34-27)38-39-30(25)31-36-26-11-9-10-24(29(26)37-31)21-12-14-22(33)15-13-21/h7-18,35H,2-3H2,1,4-6H3,(H,36,37)(H,38,39)/b20-7+,23-16+. The van der Waals surface area contributed by atoms with Gasteiger partial charge in [0, 0.05) is 27.8 Å². The number of aromatic nitrogens is 5. The number of nitrogens with one attached hydrogen (secondary N) is 3. The summed E-state index contributed by atoms with van der Waals surface area (Å²) in [7, 11) is 0. The van der Waals surface area contributed by atoms with Crippen LogP contribution in [0.4, 0.5) is 4.39 Å². The number of pyridine rings is 1. The van der Waals surface area contributed by atoms with Crippen molar-refractivity contribution in [1.29, 1.82) is 0 Å². The smallest absolute Gasteiger partial charge is 0.159 e. The molecule has 0 aliphatic heterocycles. The number of aromatic amines is 2. The van der Waals surface area contributed by atoms with Crippen LogP contribution in [0.2, 0.25) is 0 Å². The zero-order chi connectivity index (χ0) is 27.7. The molecular weight excluding hydrogens is 487 g/mol. The van der Waals surface area contributed by atoms with Crippen molar-refractivity contribution >= 4 is 27.5 Å². The molecule has 0 fully saturated rings. The summed E-state index contributed by atoms with van der Waals surface area (Å²) in [5.74, 6) is 0.363. The molecule has 7 heteroatoms. The van der Waals surface area contributed by atoms with E-state index in [0.29, 0.717) is 11.5 Å². The number of fused-ring (bicyclic) bond motifs is 2. The number of allylic oxidation sites excluding steroid dienone is 5. The van der Waals surface area contributed by atoms with E-state index in [9.17, 15) is 4.39 Å². The van der Waals surface area contributed by atoms with E-state index in [1.165, 1.54) is 12.1 Å². The first-order chi connectivity index (χ1) is 18.7. The summed E-state index contributed by atoms with van der Waals surface area (Å²) in [5, 5.41) is 11.9. The van der Waals surface area contributed by atoms with Gasteiger partial charge in [0.2, 0.25) is 0 Å². The van der Waals surface area contributed by atoms with Crippen LogP contribution in [-0.4, -0.2) is 25.1 Å². The molecule has 3 N–H and O–H groups in total. The number of rotatable bonds is 7. The third-order valence-corrected chi connectivity index (χ3v) is 6.68. The molecule has 6 nitrogen and oxygen atoms in total. The van der Waals surface area contributed by atoms with E-state index in [0.717, 1.165) is 55.7 Å². The summed E-state index contributed by atoms with van der Waals surface area (Å²) < 4.78 is 13.5. The molecule has 0 amide bonds. The molecule has 196 valence electrons. The molecule has 5 rings (SSSR count). The van der Waals surface area contributed by atoms with Crippen molar-refractivity contribution in [3.05, 3.63) is 109 Å². The molecule has 0 atom stereocenters. The third-order valence-electron chi connectivity index (χ3n) is 6.68. The molecule has 0 spiro atoms. The number of hydrogen-bond donors (Lipinski definition) is 3. The maximum absolute atomic E-state index is 13.5. The second-order valence-electron chi connectivity index (χ2n) is 10.4. The van der Waals surface area contributed by atoms with Crippen molar-refractivity contribution in [2.24, 2.45) is 5.41 Å². The monoisotopic (exact) mass is 518 g/mol. The molecule has 0 aliphatic carbocycles. The number of benzene rings is 2. The zero-order valence-corrected chi connectivity index (χ0v) is 22.6. The van der Waals surface area contributed by atoms with Gasteiger partial charge in [0.15, 0.2) is 5.82 Å². The average molecular weight is 519 g/mol. The lowest BCUT2D eigenvalue weighted by molar-refractivity contribution is 0.478. The van der Waals surface area contributed by atoms with Gasteiger partial charge in [0.1, 0.15) is 11.5 Å². The Morgan fingerprint density at radius 1 is 1.08 bits per heavy atom. The Bertz CT molecular complexity index is 1760. The Morgan fingerprint density at radius 2 is 1.85 bits per heavy atom. The first-order valence-electron chi connectivity index (χ1n) is 12.7. The first kappa shape index (κ1) is 25.9. The molecule has 0 saturated carbocycles. The fourth-order valence-electron chi connectivity index (χ4n) is 4.24. The van der Waals surface area contributed by atoms with Crippen LogP contribution in [0.15, 0.2) is 97.5 Å². The van der Waals surface area contributed by atoms with Crippen molar-refractivity contribution in [2.75, 3.05) is 0 Å². The zero-order valence-electron chi connectivity index (χ0n) is 22.6. The van der Waals surface area contributed by atoms with Gasteiger partial charge in [-0.15, -0.1) is 0 Å². The number of halogens is 1. The number of imidazole rings is 1. The van der Waals surface area contributed by atoms with Gasteiger partial charge < -0.3 is 10.3 Å². The van der Waals surface area contributed by atoms with E-state index in [1.807, 2.05) is 43.3 Å². The van der Waals surface area contributed by atoms with Gasteiger partial charge in [0.25, 0.3) is 0 Å². The molecule has 2 aromatic carbocycles. The Labute approximate surface area is 227 Å². The highest BCUT2D eigenvalue weighted by Gasteiger charge is 2.18. The Morgan fingerprint density at radius 3 is 2.54 bits per heavy atom. The summed E-state index contributed by atoms with van der Waals surface area (Å²) in [5.41, 5.74) is 8.32. The number of hydrogen-bond acceptors (Lipinski definition) is 4. The van der Waals surface area contributed by atoms with Crippen LogP contribution in [-0.2, 0) is 0 Å². The highest BCUT2D eigenvalue weighted by Crippen LogP contribution is 2.32. The highest BCUT2D eigenvalue weighted by atomic mass is 19.1. The van der Waals surface area contributed by atoms with Gasteiger partial charge in [-0.1, -0.05) is 64.3 Å². The van der Waals surface area contributed by atoms with Crippen LogP contribution >= 0.6 is 0 Å². The van der Waals surface area contributed by atoms with Crippen molar-refractivity contribution in [3.63, 3.8) is 0 Å². The van der Waals surface area contributed by atoms with Gasteiger partial charge in [0.05, 0.1) is 28.4 Å². The van der Waals surface area contributed by atoms with Gasteiger partial charge in [-0.3, -0.25) is 10.1 Å². The van der Waals surface area contributed by atoms with Gasteiger partial charge >= 0.3 is 0 Å². The topological polar surface area (TPSA) is 82.3 Å². The fourth-order valence-corrected chi connectivity index (χ4v) is 4.24. The molecule has 0 unspecified atom stereocenters. The number of para-hydroxylation sites is 1. The van der Waals surface area contributed by atoms with Crippen LogP contribution in [0.1, 0.15) is 33.4 Å². The van der Waals surface area contributed by atoms with E-state index in [-0.39, 0.29) is 11.2 Å². The minimum atomic E-state index is -0.272. The first-order valence-corrected chi connectivity index (χ1v) is 12.7. The third kappa shape index (κ3) is 5.16.